The Balaban J connectivity index is 1.89. The van der Waals surface area contributed by atoms with Crippen molar-refractivity contribution in [3.8, 4) is 0 Å². The molecule has 10 heteroatoms. The first-order valence-corrected chi connectivity index (χ1v) is 11.8. The molecule has 2 amide bonds. The molecule has 0 bridgehead atoms. The number of hydrogen-bond donors (Lipinski definition) is 2. The van der Waals surface area contributed by atoms with Crippen LogP contribution in [-0.2, 0) is 30.8 Å². The molecule has 2 saturated heterocycles. The van der Waals surface area contributed by atoms with Crippen molar-refractivity contribution in [2.45, 2.75) is 50.1 Å². The number of nitrogens with one attached hydrogen (secondary N) is 1. The van der Waals surface area contributed by atoms with Gasteiger partial charge < -0.3 is 20.3 Å². The van der Waals surface area contributed by atoms with Crippen LogP contribution in [0.15, 0.2) is 23.1 Å². The van der Waals surface area contributed by atoms with E-state index in [0.717, 1.165) is 6.42 Å². The van der Waals surface area contributed by atoms with Gasteiger partial charge in [-0.3, -0.25) is 9.59 Å². The largest absolute Gasteiger partial charge is 0.377 e. The van der Waals surface area contributed by atoms with Crippen LogP contribution in [0.5, 0.6) is 0 Å². The lowest BCUT2D eigenvalue weighted by Gasteiger charge is -2.35. The Kier molecular flexibility index (Phi) is 7.12. The van der Waals surface area contributed by atoms with E-state index in [0.29, 0.717) is 50.4 Å². The number of anilines is 1. The minimum Gasteiger partial charge on any atom is -0.377 e. The minimum absolute atomic E-state index is 0.0106. The molecule has 2 fully saturated rings. The first-order valence-electron chi connectivity index (χ1n) is 10.3. The van der Waals surface area contributed by atoms with Gasteiger partial charge in [0, 0.05) is 31.7 Å². The van der Waals surface area contributed by atoms with Crippen LogP contribution in [0.1, 0.15) is 32.3 Å². The first kappa shape index (κ1) is 22.7. The van der Waals surface area contributed by atoms with Crippen molar-refractivity contribution in [3.05, 3.63) is 23.8 Å². The van der Waals surface area contributed by atoms with E-state index in [1.165, 1.54) is 6.07 Å². The van der Waals surface area contributed by atoms with E-state index < -0.39 is 16.1 Å². The summed E-state index contributed by atoms with van der Waals surface area (Å²) in [4.78, 5) is 28.5. The average Bonchev–Trinajstić information content (AvgIpc) is 3.17. The van der Waals surface area contributed by atoms with E-state index in [-0.39, 0.29) is 29.3 Å². The molecule has 0 spiro atoms. The molecule has 9 nitrogen and oxygen atoms in total. The molecular formula is C20H30N4O5S. The SMILES string of the molecule is CCc1c(N2CCCC2=O)cccc1S(=O)(=O)N[C@@H](CN)C(=O)N1CCOC[C@@H]1C. The minimum atomic E-state index is -4.03. The number of ether oxygens (including phenoxy) is 1. The van der Waals surface area contributed by atoms with Gasteiger partial charge in [0.2, 0.25) is 21.8 Å². The lowest BCUT2D eigenvalue weighted by atomic mass is 10.1. The molecule has 30 heavy (non-hydrogen) atoms. The number of sulfonamides is 1. The highest BCUT2D eigenvalue weighted by atomic mass is 32.2. The van der Waals surface area contributed by atoms with Gasteiger partial charge in [-0.25, -0.2) is 8.42 Å². The molecular weight excluding hydrogens is 408 g/mol. The second-order valence-corrected chi connectivity index (χ2v) is 9.30. The van der Waals surface area contributed by atoms with Crippen molar-refractivity contribution in [3.63, 3.8) is 0 Å². The number of nitrogens with zero attached hydrogens (tertiary/aromatic N) is 2. The van der Waals surface area contributed by atoms with Gasteiger partial charge in [-0.15, -0.1) is 0 Å². The summed E-state index contributed by atoms with van der Waals surface area (Å²) in [7, 11) is -4.03. The van der Waals surface area contributed by atoms with Crippen molar-refractivity contribution in [2.75, 3.05) is 37.7 Å². The standard InChI is InChI=1S/C20H30N4O5S/c1-3-15-17(24-9-5-8-19(24)25)6-4-7-18(15)30(27,28)22-16(12-21)20(26)23-10-11-29-13-14(23)2/h4,6-7,14,16,22H,3,5,8-13,21H2,1-2H3/t14-,16-/m0/s1. The number of rotatable bonds is 7. The predicted molar refractivity (Wildman–Crippen MR) is 113 cm³/mol. The summed E-state index contributed by atoms with van der Waals surface area (Å²) in [5, 5.41) is 0. The van der Waals surface area contributed by atoms with Crippen molar-refractivity contribution in [1.82, 2.24) is 9.62 Å². The smallest absolute Gasteiger partial charge is 0.242 e. The van der Waals surface area contributed by atoms with Crippen molar-refractivity contribution in [1.29, 1.82) is 0 Å². The van der Waals surface area contributed by atoms with Crippen LogP contribution < -0.4 is 15.4 Å². The number of amides is 2. The maximum atomic E-state index is 13.2. The normalized spacial score (nSPS) is 21.2. The zero-order valence-electron chi connectivity index (χ0n) is 17.5. The van der Waals surface area contributed by atoms with Gasteiger partial charge in [0.25, 0.3) is 0 Å². The van der Waals surface area contributed by atoms with Crippen LogP contribution in [0.2, 0.25) is 0 Å². The van der Waals surface area contributed by atoms with E-state index in [1.807, 2.05) is 13.8 Å². The monoisotopic (exact) mass is 438 g/mol. The highest BCUT2D eigenvalue weighted by molar-refractivity contribution is 7.89. The van der Waals surface area contributed by atoms with Crippen molar-refractivity contribution < 1.29 is 22.7 Å². The molecule has 3 N–H and O–H groups in total. The predicted octanol–water partition coefficient (Wildman–Crippen LogP) is 0.229. The lowest BCUT2D eigenvalue weighted by Crippen LogP contribution is -2.57. The Hall–Kier alpha value is -2.01. The molecule has 2 aliphatic rings. The molecule has 2 atom stereocenters. The molecule has 0 radical (unpaired) electrons. The zero-order valence-corrected chi connectivity index (χ0v) is 18.3. The maximum absolute atomic E-state index is 13.2. The summed E-state index contributed by atoms with van der Waals surface area (Å²) >= 11 is 0. The molecule has 0 saturated carbocycles. The topological polar surface area (TPSA) is 122 Å². The Bertz CT molecular complexity index is 904. The van der Waals surface area contributed by atoms with E-state index in [2.05, 4.69) is 4.72 Å². The molecule has 3 rings (SSSR count). The van der Waals surface area contributed by atoms with E-state index in [4.69, 9.17) is 10.5 Å². The fourth-order valence-electron chi connectivity index (χ4n) is 4.02. The summed E-state index contributed by atoms with van der Waals surface area (Å²) < 4.78 is 34.3. The summed E-state index contributed by atoms with van der Waals surface area (Å²) in [6.45, 7) is 5.32. The first-order chi connectivity index (χ1) is 14.3. The van der Waals surface area contributed by atoms with Gasteiger partial charge in [0.1, 0.15) is 6.04 Å². The average molecular weight is 439 g/mol. The molecule has 0 aliphatic carbocycles. The third-order valence-corrected chi connectivity index (χ3v) is 7.15. The summed E-state index contributed by atoms with van der Waals surface area (Å²) in [5.74, 6) is -0.371. The quantitative estimate of drug-likeness (QED) is 0.628. The number of carbonyl (C=O) groups is 2. The van der Waals surface area contributed by atoms with Gasteiger partial charge in [-0.1, -0.05) is 13.0 Å². The van der Waals surface area contributed by atoms with Gasteiger partial charge in [0.05, 0.1) is 24.2 Å². The van der Waals surface area contributed by atoms with Gasteiger partial charge in [-0.2, -0.15) is 4.72 Å². The van der Waals surface area contributed by atoms with Crippen LogP contribution >= 0.6 is 0 Å². The number of benzene rings is 1. The van der Waals surface area contributed by atoms with E-state index in [9.17, 15) is 18.0 Å². The number of carbonyl (C=O) groups excluding carboxylic acids is 2. The summed E-state index contributed by atoms with van der Waals surface area (Å²) in [6, 6.07) is 3.67. The molecule has 2 heterocycles. The van der Waals surface area contributed by atoms with Crippen LogP contribution in [0.4, 0.5) is 5.69 Å². The summed E-state index contributed by atoms with van der Waals surface area (Å²) in [6.07, 6.45) is 1.64. The number of morpholine rings is 1. The second kappa shape index (κ2) is 9.42. The van der Waals surface area contributed by atoms with Crippen LogP contribution in [-0.4, -0.2) is 70.1 Å². The number of nitrogens with two attached hydrogens (primary N) is 1. The third kappa shape index (κ3) is 4.51. The van der Waals surface area contributed by atoms with Gasteiger partial charge in [-0.05, 0) is 37.5 Å². The fraction of sp³-hybridized carbons (Fsp3) is 0.600. The highest BCUT2D eigenvalue weighted by Crippen LogP contribution is 2.30. The maximum Gasteiger partial charge on any atom is 0.242 e. The highest BCUT2D eigenvalue weighted by Gasteiger charge is 2.34. The van der Waals surface area contributed by atoms with E-state index >= 15 is 0 Å². The van der Waals surface area contributed by atoms with Crippen LogP contribution in [0.25, 0.3) is 0 Å². The van der Waals surface area contributed by atoms with Crippen molar-refractivity contribution in [2.24, 2.45) is 5.73 Å². The summed E-state index contributed by atoms with van der Waals surface area (Å²) in [5.41, 5.74) is 6.94. The second-order valence-electron chi connectivity index (χ2n) is 7.62. The molecule has 0 unspecified atom stereocenters. The van der Waals surface area contributed by atoms with Crippen LogP contribution in [0, 0.1) is 0 Å². The Morgan fingerprint density at radius 2 is 2.13 bits per heavy atom. The Morgan fingerprint density at radius 3 is 2.73 bits per heavy atom. The lowest BCUT2D eigenvalue weighted by molar-refractivity contribution is -0.140. The molecule has 0 aromatic heterocycles. The van der Waals surface area contributed by atoms with Crippen molar-refractivity contribution >= 4 is 27.5 Å². The van der Waals surface area contributed by atoms with E-state index in [1.54, 1.807) is 21.9 Å². The molecule has 1 aromatic rings. The molecule has 1 aromatic carbocycles. The Labute approximate surface area is 177 Å². The van der Waals surface area contributed by atoms with Gasteiger partial charge >= 0.3 is 0 Å². The van der Waals surface area contributed by atoms with Gasteiger partial charge in [0.15, 0.2) is 0 Å². The molecule has 166 valence electrons. The third-order valence-electron chi connectivity index (χ3n) is 5.60. The number of hydrogen-bond acceptors (Lipinski definition) is 6. The molecule has 2 aliphatic heterocycles. The zero-order chi connectivity index (χ0) is 21.9. The Morgan fingerprint density at radius 1 is 1.37 bits per heavy atom. The fourth-order valence-corrected chi connectivity index (χ4v) is 5.55. The van der Waals surface area contributed by atoms with Crippen LogP contribution in [0.3, 0.4) is 0 Å².